The fourth-order valence-corrected chi connectivity index (χ4v) is 10.3. The Balaban J connectivity index is 1.33. The average molecular weight is 489 g/mol. The van der Waals surface area contributed by atoms with Crippen LogP contribution in [0, 0.1) is 10.8 Å². The number of fused-ring (bicyclic) bond motifs is 2. The van der Waals surface area contributed by atoms with Gasteiger partial charge in [0.2, 0.25) is 0 Å². The summed E-state index contributed by atoms with van der Waals surface area (Å²) in [6, 6.07) is 14.2. The molecule has 0 saturated carbocycles. The normalized spacial score (nSPS) is 30.6. The Hall–Kier alpha value is -3.38. The van der Waals surface area contributed by atoms with Gasteiger partial charge in [0.15, 0.2) is 0 Å². The van der Waals surface area contributed by atoms with Crippen LogP contribution in [0.5, 0.6) is 0 Å². The van der Waals surface area contributed by atoms with E-state index in [4.69, 9.17) is 0 Å². The van der Waals surface area contributed by atoms with Gasteiger partial charge in [-0.2, -0.15) is 0 Å². The van der Waals surface area contributed by atoms with Gasteiger partial charge in [-0.3, -0.25) is 0 Å². The van der Waals surface area contributed by atoms with Crippen LogP contribution in [0.15, 0.2) is 105 Å². The van der Waals surface area contributed by atoms with E-state index in [-0.39, 0.29) is 10.8 Å². The van der Waals surface area contributed by atoms with Crippen molar-refractivity contribution in [1.82, 2.24) is 0 Å². The zero-order valence-electron chi connectivity index (χ0n) is 22.4. The van der Waals surface area contributed by atoms with Crippen molar-refractivity contribution < 1.29 is 0 Å². The van der Waals surface area contributed by atoms with Crippen LogP contribution < -0.4 is 0 Å². The van der Waals surface area contributed by atoms with Crippen molar-refractivity contribution in [2.75, 3.05) is 0 Å². The highest BCUT2D eigenvalue weighted by atomic mass is 14.6. The number of hydrogen-bond acceptors (Lipinski definition) is 0. The molecule has 0 bridgehead atoms. The van der Waals surface area contributed by atoms with E-state index in [2.05, 4.69) is 74.5 Å². The van der Waals surface area contributed by atoms with Gasteiger partial charge in [0, 0.05) is 10.8 Å². The lowest BCUT2D eigenvalue weighted by molar-refractivity contribution is 0.238. The molecule has 0 radical (unpaired) electrons. The quantitative estimate of drug-likeness (QED) is 0.348. The third-order valence-corrected chi connectivity index (χ3v) is 12.0. The number of rotatable bonds is 0. The van der Waals surface area contributed by atoms with Crippen LogP contribution in [-0.4, -0.2) is 0 Å². The summed E-state index contributed by atoms with van der Waals surface area (Å²) in [5, 5.41) is 0. The highest BCUT2D eigenvalue weighted by molar-refractivity contribution is 5.98. The van der Waals surface area contributed by atoms with E-state index < -0.39 is 0 Å². The highest BCUT2D eigenvalue weighted by Gasteiger charge is 2.61. The van der Waals surface area contributed by atoms with Crippen LogP contribution in [0.2, 0.25) is 0 Å². The molecule has 2 atom stereocenters. The summed E-state index contributed by atoms with van der Waals surface area (Å²) in [6.45, 7) is 5.27. The number of aryl methyl sites for hydroxylation is 4. The summed E-state index contributed by atoms with van der Waals surface area (Å²) < 4.78 is 0. The maximum absolute atomic E-state index is 2.63. The molecular formula is C38H32. The minimum Gasteiger partial charge on any atom is -0.0617 e. The first kappa shape index (κ1) is 20.6. The minimum absolute atomic E-state index is 0.00188. The van der Waals surface area contributed by atoms with Gasteiger partial charge in [0.1, 0.15) is 0 Å². The zero-order chi connectivity index (χ0) is 25.0. The predicted octanol–water partition coefficient (Wildman–Crippen LogP) is 8.75. The third kappa shape index (κ3) is 2.00. The van der Waals surface area contributed by atoms with Gasteiger partial charge < -0.3 is 0 Å². The lowest BCUT2D eigenvalue weighted by Gasteiger charge is -2.61. The fraction of sp³-hybridized carbons (Fsp3) is 0.316. The molecule has 8 aliphatic carbocycles. The second kappa shape index (κ2) is 6.42. The van der Waals surface area contributed by atoms with E-state index in [0.29, 0.717) is 0 Å². The molecule has 0 saturated heterocycles. The summed E-state index contributed by atoms with van der Waals surface area (Å²) in [5.41, 5.74) is 25.9. The highest BCUT2D eigenvalue weighted by Crippen LogP contribution is 2.73. The first-order chi connectivity index (χ1) is 18.6. The standard InChI is InChI=1S/C38H32/c1-37-29-17-19-31-27-15-11-23-7-4-8-24-12-16-28(36(27)34(23)24)32(38(31,37)2)20-18-30(37)26-14-10-22-6-3-5-21-9-13-25(29)35(26)33(21)22/h3-8,17-20H,9-16H2,1-2H3. The van der Waals surface area contributed by atoms with Crippen molar-refractivity contribution in [3.63, 3.8) is 0 Å². The Labute approximate surface area is 225 Å². The maximum atomic E-state index is 2.63. The van der Waals surface area contributed by atoms with Gasteiger partial charge in [0.05, 0.1) is 0 Å². The van der Waals surface area contributed by atoms with Crippen LogP contribution in [0.25, 0.3) is 11.1 Å². The Kier molecular flexibility index (Phi) is 3.48. The van der Waals surface area contributed by atoms with Crippen molar-refractivity contribution >= 4 is 11.1 Å². The molecule has 0 spiro atoms. The molecule has 0 aromatic heterocycles. The molecule has 0 aliphatic heterocycles. The molecule has 184 valence electrons. The van der Waals surface area contributed by atoms with Crippen LogP contribution in [0.3, 0.4) is 0 Å². The van der Waals surface area contributed by atoms with Crippen molar-refractivity contribution in [1.29, 1.82) is 0 Å². The third-order valence-electron chi connectivity index (χ3n) is 12.0. The van der Waals surface area contributed by atoms with Gasteiger partial charge in [-0.1, -0.05) is 74.5 Å². The van der Waals surface area contributed by atoms with Crippen LogP contribution in [0.4, 0.5) is 0 Å². The second-order valence-electron chi connectivity index (χ2n) is 13.1. The number of allylic oxidation sites excluding steroid dienone is 14. The van der Waals surface area contributed by atoms with Crippen molar-refractivity contribution in [3.8, 4) is 0 Å². The molecule has 0 amide bonds. The van der Waals surface area contributed by atoms with Crippen LogP contribution >= 0.6 is 0 Å². The van der Waals surface area contributed by atoms with Crippen molar-refractivity contribution in [2.45, 2.75) is 65.2 Å². The molecule has 2 aromatic carbocycles. The van der Waals surface area contributed by atoms with E-state index in [1.807, 2.05) is 0 Å². The molecule has 38 heavy (non-hydrogen) atoms. The largest absolute Gasteiger partial charge is 0.0617 e. The van der Waals surface area contributed by atoms with E-state index >= 15 is 0 Å². The van der Waals surface area contributed by atoms with Gasteiger partial charge in [-0.05, 0) is 140 Å². The molecule has 10 rings (SSSR count). The first-order valence-electron chi connectivity index (χ1n) is 14.9. The molecule has 0 N–H and O–H groups in total. The number of benzene rings is 2. The van der Waals surface area contributed by atoms with E-state index in [0.717, 1.165) is 0 Å². The number of hydrogen-bond donors (Lipinski definition) is 0. The summed E-state index contributed by atoms with van der Waals surface area (Å²) in [5.74, 6) is 0. The molecule has 0 fully saturated rings. The SMILES string of the molecule is CC12C3=CC=C4C5=C6C(=C(C=CC1=C1CCc7cccc8c7C1=C3CC8)C42C)CCc1cccc(c16)CC5. The summed E-state index contributed by atoms with van der Waals surface area (Å²) in [4.78, 5) is 0. The Morgan fingerprint density at radius 2 is 0.842 bits per heavy atom. The Morgan fingerprint density at radius 3 is 1.24 bits per heavy atom. The van der Waals surface area contributed by atoms with Gasteiger partial charge in [0.25, 0.3) is 0 Å². The molecule has 0 heteroatoms. The van der Waals surface area contributed by atoms with Gasteiger partial charge in [-0.15, -0.1) is 0 Å². The van der Waals surface area contributed by atoms with Gasteiger partial charge >= 0.3 is 0 Å². The zero-order valence-corrected chi connectivity index (χ0v) is 22.4. The smallest absolute Gasteiger partial charge is 0.0315 e. The lowest BCUT2D eigenvalue weighted by Crippen LogP contribution is -2.51. The molecule has 2 unspecified atom stereocenters. The van der Waals surface area contributed by atoms with Crippen molar-refractivity contribution in [2.24, 2.45) is 10.8 Å². The van der Waals surface area contributed by atoms with Crippen LogP contribution in [-0.2, 0) is 25.7 Å². The maximum Gasteiger partial charge on any atom is 0.0315 e. The lowest BCUT2D eigenvalue weighted by atomic mass is 9.41. The molecule has 2 aromatic rings. The van der Waals surface area contributed by atoms with Crippen molar-refractivity contribution in [3.05, 3.63) is 139 Å². The topological polar surface area (TPSA) is 0 Å². The minimum atomic E-state index is 0.00188. The Morgan fingerprint density at radius 1 is 0.474 bits per heavy atom. The van der Waals surface area contributed by atoms with E-state index in [1.54, 1.807) is 89.1 Å². The second-order valence-corrected chi connectivity index (χ2v) is 13.1. The predicted molar refractivity (Wildman–Crippen MR) is 156 cm³/mol. The fourth-order valence-electron chi connectivity index (χ4n) is 10.3. The Bertz CT molecular complexity index is 1680. The average Bonchev–Trinajstić information content (AvgIpc) is 2.94. The molecule has 8 aliphatic rings. The summed E-state index contributed by atoms with van der Waals surface area (Å²) in [7, 11) is 0. The van der Waals surface area contributed by atoms with E-state index in [1.165, 1.54) is 51.4 Å². The van der Waals surface area contributed by atoms with Gasteiger partial charge in [-0.25, -0.2) is 0 Å². The molecule has 0 heterocycles. The monoisotopic (exact) mass is 488 g/mol. The van der Waals surface area contributed by atoms with Crippen LogP contribution in [0.1, 0.15) is 72.9 Å². The summed E-state index contributed by atoms with van der Waals surface area (Å²) in [6.07, 6.45) is 19.8. The summed E-state index contributed by atoms with van der Waals surface area (Å²) >= 11 is 0. The molecule has 0 nitrogen and oxygen atoms in total. The van der Waals surface area contributed by atoms with E-state index in [9.17, 15) is 0 Å². The molecular weight excluding hydrogens is 456 g/mol. The first-order valence-corrected chi connectivity index (χ1v) is 14.9.